The number of aliphatic hydroxyl groups is 1. The van der Waals surface area contributed by atoms with E-state index in [1.807, 2.05) is 12.1 Å². The quantitative estimate of drug-likeness (QED) is 0.488. The first kappa shape index (κ1) is 27.8. The van der Waals surface area contributed by atoms with Gasteiger partial charge in [0.15, 0.2) is 0 Å². The van der Waals surface area contributed by atoms with Crippen LogP contribution in [0, 0.1) is 0 Å². The van der Waals surface area contributed by atoms with Gasteiger partial charge in [-0.1, -0.05) is 47.6 Å². The zero-order valence-corrected chi connectivity index (χ0v) is 25.0. The molecule has 1 N–H and O–H groups in total. The highest BCUT2D eigenvalue weighted by Gasteiger charge is 2.43. The molecule has 2 unspecified atom stereocenters. The van der Waals surface area contributed by atoms with Gasteiger partial charge in [0, 0.05) is 33.1 Å². The van der Waals surface area contributed by atoms with Crippen molar-refractivity contribution in [3.63, 3.8) is 0 Å². The lowest BCUT2D eigenvalue weighted by Crippen LogP contribution is -2.45. The number of hydrogen-bond acceptors (Lipinski definition) is 5. The van der Waals surface area contributed by atoms with E-state index in [0.29, 0.717) is 35.0 Å². The summed E-state index contributed by atoms with van der Waals surface area (Å²) in [5.74, 6) is 2.26. The predicted octanol–water partition coefficient (Wildman–Crippen LogP) is 5.72. The molecule has 1 aliphatic heterocycles. The van der Waals surface area contributed by atoms with Gasteiger partial charge in [-0.15, -0.1) is 0 Å². The third kappa shape index (κ3) is 6.14. The van der Waals surface area contributed by atoms with Crippen LogP contribution in [-0.2, 0) is 21.6 Å². The molecule has 1 fully saturated rings. The maximum absolute atomic E-state index is 12.5. The van der Waals surface area contributed by atoms with Gasteiger partial charge in [0.2, 0.25) is 0 Å². The topological polar surface area (TPSA) is 72.8 Å². The van der Waals surface area contributed by atoms with Crippen molar-refractivity contribution in [1.82, 2.24) is 0 Å². The standard InChI is InChI=1S/C23H42O5S2Si2/c1-22(2,3)31(7,8)27-18-13-12-17(16-19(18)28-32(9,10)23(4,5)6)20(24)21-29(25)14-11-15-30(21)26/h12-13,16,20-21,24H,11,14-15H2,1-10H3/t20-,21?,29?,30?/m1/s1. The molecular weight excluding hydrogens is 477 g/mol. The lowest BCUT2D eigenvalue weighted by atomic mass is 10.1. The first-order valence-corrected chi connectivity index (χ1v) is 19.9. The molecule has 0 aliphatic carbocycles. The lowest BCUT2D eigenvalue weighted by Gasteiger charge is -2.40. The van der Waals surface area contributed by atoms with E-state index in [1.165, 1.54) is 0 Å². The minimum Gasteiger partial charge on any atom is -0.541 e. The second kappa shape index (κ2) is 9.64. The molecule has 1 heterocycles. The molecule has 2 rings (SSSR count). The molecule has 5 nitrogen and oxygen atoms in total. The second-order valence-corrected chi connectivity index (χ2v) is 24.9. The molecule has 1 saturated heterocycles. The van der Waals surface area contributed by atoms with Gasteiger partial charge in [-0.05, 0) is 60.4 Å². The number of hydrogen-bond donors (Lipinski definition) is 1. The van der Waals surface area contributed by atoms with Crippen LogP contribution in [0.25, 0.3) is 0 Å². The minimum absolute atomic E-state index is 0.0117. The smallest absolute Gasteiger partial charge is 0.250 e. The Morgan fingerprint density at radius 2 is 1.31 bits per heavy atom. The molecule has 1 aliphatic rings. The van der Waals surface area contributed by atoms with Gasteiger partial charge < -0.3 is 14.0 Å². The fourth-order valence-electron chi connectivity index (χ4n) is 2.87. The van der Waals surface area contributed by atoms with Crippen molar-refractivity contribution < 1.29 is 22.4 Å². The van der Waals surface area contributed by atoms with Crippen LogP contribution in [0.1, 0.15) is 59.6 Å². The SMILES string of the molecule is CC(C)(C)[Si](C)(C)Oc1ccc([C@@H](O)C2S(=O)CCCS2=O)cc1O[Si](C)(C)C(C)(C)C. The summed E-state index contributed by atoms with van der Waals surface area (Å²) in [6, 6.07) is 5.47. The summed E-state index contributed by atoms with van der Waals surface area (Å²) in [4.78, 5) is 0. The normalized spacial score (nSPS) is 24.2. The zero-order valence-electron chi connectivity index (χ0n) is 21.4. The fourth-order valence-corrected chi connectivity index (χ4v) is 8.84. The van der Waals surface area contributed by atoms with E-state index < -0.39 is 48.9 Å². The maximum Gasteiger partial charge on any atom is 0.250 e. The van der Waals surface area contributed by atoms with Crippen LogP contribution >= 0.6 is 0 Å². The van der Waals surface area contributed by atoms with Crippen molar-refractivity contribution in [3.05, 3.63) is 23.8 Å². The van der Waals surface area contributed by atoms with Crippen molar-refractivity contribution in [2.24, 2.45) is 0 Å². The Morgan fingerprint density at radius 1 is 0.875 bits per heavy atom. The fraction of sp³-hybridized carbons (Fsp3) is 0.739. The lowest BCUT2D eigenvalue weighted by molar-refractivity contribution is 0.193. The van der Waals surface area contributed by atoms with Crippen molar-refractivity contribution in [1.29, 1.82) is 0 Å². The Bertz CT molecular complexity index is 856. The Balaban J connectivity index is 2.52. The molecule has 1 aromatic rings. The Labute approximate surface area is 201 Å². The van der Waals surface area contributed by atoms with Crippen molar-refractivity contribution in [2.45, 2.75) is 94.9 Å². The number of aliphatic hydroxyl groups excluding tert-OH is 1. The van der Waals surface area contributed by atoms with Gasteiger partial charge in [0.1, 0.15) is 22.2 Å². The van der Waals surface area contributed by atoms with Crippen LogP contribution in [-0.4, -0.2) is 46.2 Å². The largest absolute Gasteiger partial charge is 0.541 e. The molecule has 0 bridgehead atoms. The van der Waals surface area contributed by atoms with Crippen molar-refractivity contribution in [3.8, 4) is 11.5 Å². The highest BCUT2D eigenvalue weighted by Crippen LogP contribution is 2.44. The summed E-state index contributed by atoms with van der Waals surface area (Å²) in [6.45, 7) is 21.9. The molecule has 0 aromatic heterocycles. The highest BCUT2D eigenvalue weighted by molar-refractivity contribution is 8.03. The van der Waals surface area contributed by atoms with E-state index in [0.717, 1.165) is 0 Å². The maximum atomic E-state index is 12.5. The van der Waals surface area contributed by atoms with Gasteiger partial charge in [-0.25, -0.2) is 0 Å². The first-order chi connectivity index (χ1) is 14.4. The highest BCUT2D eigenvalue weighted by atomic mass is 32.2. The van der Waals surface area contributed by atoms with Gasteiger partial charge in [0.05, 0.1) is 0 Å². The van der Waals surface area contributed by atoms with Gasteiger partial charge in [0.25, 0.3) is 16.6 Å². The van der Waals surface area contributed by atoms with Crippen LogP contribution in [0.4, 0.5) is 0 Å². The average molecular weight is 519 g/mol. The summed E-state index contributed by atoms with van der Waals surface area (Å²) >= 11 is 0. The third-order valence-corrected chi connectivity index (χ3v) is 20.0. The predicted molar refractivity (Wildman–Crippen MR) is 141 cm³/mol. The molecule has 0 saturated carbocycles. The summed E-state index contributed by atoms with van der Waals surface area (Å²) in [6.07, 6.45) is -0.401. The summed E-state index contributed by atoms with van der Waals surface area (Å²) in [7, 11) is -6.95. The second-order valence-electron chi connectivity index (χ2n) is 11.8. The third-order valence-electron chi connectivity index (χ3n) is 7.12. The van der Waals surface area contributed by atoms with E-state index in [1.54, 1.807) is 6.07 Å². The Hall–Kier alpha value is -0.486. The monoisotopic (exact) mass is 518 g/mol. The molecule has 9 heteroatoms. The zero-order chi connectivity index (χ0) is 24.7. The van der Waals surface area contributed by atoms with E-state index in [4.69, 9.17) is 8.85 Å². The van der Waals surface area contributed by atoms with E-state index in [2.05, 4.69) is 67.7 Å². The summed E-state index contributed by atoms with van der Waals surface area (Å²) in [5.41, 5.74) is 0.579. The van der Waals surface area contributed by atoms with Crippen molar-refractivity contribution in [2.75, 3.05) is 11.5 Å². The molecule has 0 spiro atoms. The van der Waals surface area contributed by atoms with Crippen LogP contribution < -0.4 is 8.85 Å². The number of rotatable bonds is 6. The number of benzene rings is 1. The molecule has 0 amide bonds. The summed E-state index contributed by atoms with van der Waals surface area (Å²) < 4.78 is 37.6. The summed E-state index contributed by atoms with van der Waals surface area (Å²) in [5, 5.41) is 11.1. The van der Waals surface area contributed by atoms with Gasteiger partial charge in [-0.2, -0.15) is 0 Å². The van der Waals surface area contributed by atoms with E-state index in [-0.39, 0.29) is 10.1 Å². The molecule has 0 radical (unpaired) electrons. The first-order valence-electron chi connectivity index (χ1n) is 11.3. The van der Waals surface area contributed by atoms with E-state index >= 15 is 0 Å². The van der Waals surface area contributed by atoms with Crippen LogP contribution in [0.3, 0.4) is 0 Å². The molecule has 1 aromatic carbocycles. The molecule has 32 heavy (non-hydrogen) atoms. The molecule has 3 atom stereocenters. The van der Waals surface area contributed by atoms with Gasteiger partial charge in [-0.3, -0.25) is 8.42 Å². The van der Waals surface area contributed by atoms with Crippen LogP contribution in [0.5, 0.6) is 11.5 Å². The van der Waals surface area contributed by atoms with Gasteiger partial charge >= 0.3 is 0 Å². The van der Waals surface area contributed by atoms with E-state index in [9.17, 15) is 13.5 Å². The minimum atomic E-state index is -2.19. The Morgan fingerprint density at radius 3 is 1.75 bits per heavy atom. The molecular formula is C23H42O5S2Si2. The Kier molecular flexibility index (Phi) is 8.36. The van der Waals surface area contributed by atoms with Crippen LogP contribution in [0.2, 0.25) is 36.3 Å². The van der Waals surface area contributed by atoms with Crippen LogP contribution in [0.15, 0.2) is 18.2 Å². The molecule has 184 valence electrons. The van der Waals surface area contributed by atoms with Crippen molar-refractivity contribution >= 4 is 38.2 Å². The average Bonchev–Trinajstić information content (AvgIpc) is 2.60.